The lowest BCUT2D eigenvalue weighted by atomic mass is 10.0. The molecule has 0 saturated carbocycles. The van der Waals surface area contributed by atoms with Crippen molar-refractivity contribution in [2.24, 2.45) is 7.05 Å². The quantitative estimate of drug-likeness (QED) is 0.494. The van der Waals surface area contributed by atoms with Gasteiger partial charge in [0, 0.05) is 23.3 Å². The second-order valence-corrected chi connectivity index (χ2v) is 7.54. The molecule has 2 aromatic carbocycles. The van der Waals surface area contributed by atoms with E-state index in [-0.39, 0.29) is 5.91 Å². The highest BCUT2D eigenvalue weighted by molar-refractivity contribution is 6.31. The number of fused-ring (bicyclic) bond motifs is 1. The number of ether oxygens (including phenoxy) is 1. The highest BCUT2D eigenvalue weighted by atomic mass is 35.5. The van der Waals surface area contributed by atoms with E-state index in [2.05, 4.69) is 10.4 Å². The number of methoxy groups -OCH3 is 1. The van der Waals surface area contributed by atoms with Crippen LogP contribution in [0.3, 0.4) is 0 Å². The van der Waals surface area contributed by atoms with Crippen LogP contribution in [-0.2, 0) is 7.05 Å². The summed E-state index contributed by atoms with van der Waals surface area (Å²) in [7, 11) is 3.44. The molecule has 0 aliphatic heterocycles. The van der Waals surface area contributed by atoms with Crippen molar-refractivity contribution in [1.29, 1.82) is 0 Å². The Balaban J connectivity index is 1.87. The third-order valence-electron chi connectivity index (χ3n) is 5.03. The molecule has 152 valence electrons. The first kappa shape index (κ1) is 19.9. The smallest absolute Gasteiger partial charge is 0.256 e. The molecule has 4 rings (SSSR count). The van der Waals surface area contributed by atoms with Gasteiger partial charge in [-0.3, -0.25) is 9.48 Å². The van der Waals surface area contributed by atoms with Gasteiger partial charge in [0.25, 0.3) is 5.91 Å². The molecule has 2 heterocycles. The average molecular weight is 421 g/mol. The molecule has 0 aliphatic carbocycles. The maximum atomic E-state index is 13.3. The van der Waals surface area contributed by atoms with Crippen LogP contribution in [0.15, 0.2) is 48.5 Å². The predicted octanol–water partition coefficient (Wildman–Crippen LogP) is 5.17. The topological polar surface area (TPSA) is 69.0 Å². The van der Waals surface area contributed by atoms with Crippen molar-refractivity contribution < 1.29 is 9.53 Å². The van der Waals surface area contributed by atoms with E-state index in [4.69, 9.17) is 21.3 Å². The molecule has 0 aliphatic rings. The van der Waals surface area contributed by atoms with Crippen LogP contribution in [0.4, 0.5) is 5.69 Å². The van der Waals surface area contributed by atoms with Crippen molar-refractivity contribution in [2.75, 3.05) is 12.4 Å². The monoisotopic (exact) mass is 420 g/mol. The van der Waals surface area contributed by atoms with Crippen LogP contribution in [0.1, 0.15) is 21.6 Å². The summed E-state index contributed by atoms with van der Waals surface area (Å²) in [5, 5.41) is 8.74. The number of carbonyl (C=O) groups excluding carboxylic acids is 1. The molecule has 6 nitrogen and oxygen atoms in total. The van der Waals surface area contributed by atoms with Gasteiger partial charge in [-0.1, -0.05) is 29.8 Å². The van der Waals surface area contributed by atoms with Crippen molar-refractivity contribution in [2.45, 2.75) is 13.8 Å². The lowest BCUT2D eigenvalue weighted by Gasteiger charge is -2.12. The lowest BCUT2D eigenvalue weighted by molar-refractivity contribution is 0.102. The molecule has 1 amide bonds. The van der Waals surface area contributed by atoms with Crippen LogP contribution in [0.2, 0.25) is 5.02 Å². The standard InChI is InChI=1S/C23H21ClN4O2/c1-13-8-9-16(24)11-19(13)26-23(29)18-12-20(15-6-5-7-17(10-15)30-4)25-22-21(18)14(2)27-28(22)3/h5-12H,1-4H3,(H,26,29). The van der Waals surface area contributed by atoms with Crippen molar-refractivity contribution >= 4 is 34.2 Å². The summed E-state index contributed by atoms with van der Waals surface area (Å²) in [6.45, 7) is 3.79. The summed E-state index contributed by atoms with van der Waals surface area (Å²) in [6.07, 6.45) is 0. The molecule has 30 heavy (non-hydrogen) atoms. The molecule has 4 aromatic rings. The van der Waals surface area contributed by atoms with Gasteiger partial charge in [-0.15, -0.1) is 0 Å². The largest absolute Gasteiger partial charge is 0.497 e. The zero-order valence-corrected chi connectivity index (χ0v) is 17.9. The van der Waals surface area contributed by atoms with Crippen molar-refractivity contribution in [3.05, 3.63) is 70.4 Å². The number of halogens is 1. The Labute approximate surface area is 179 Å². The van der Waals surface area contributed by atoms with Crippen LogP contribution in [0, 0.1) is 13.8 Å². The fraction of sp³-hybridized carbons (Fsp3) is 0.174. The number of hydrogen-bond acceptors (Lipinski definition) is 4. The normalized spacial score (nSPS) is 11.0. The summed E-state index contributed by atoms with van der Waals surface area (Å²) >= 11 is 6.12. The van der Waals surface area contributed by atoms with E-state index in [1.165, 1.54) is 0 Å². The summed E-state index contributed by atoms with van der Waals surface area (Å²) in [5.41, 5.74) is 4.99. The second-order valence-electron chi connectivity index (χ2n) is 7.11. The summed E-state index contributed by atoms with van der Waals surface area (Å²) in [5.74, 6) is 0.476. The van der Waals surface area contributed by atoms with Gasteiger partial charge in [0.2, 0.25) is 0 Å². The van der Waals surface area contributed by atoms with Crippen LogP contribution >= 0.6 is 11.6 Å². The van der Waals surface area contributed by atoms with Crippen molar-refractivity contribution in [1.82, 2.24) is 14.8 Å². The first-order valence-corrected chi connectivity index (χ1v) is 9.81. The van der Waals surface area contributed by atoms with E-state index in [1.54, 1.807) is 30.0 Å². The van der Waals surface area contributed by atoms with Crippen molar-refractivity contribution in [3.63, 3.8) is 0 Å². The predicted molar refractivity (Wildman–Crippen MR) is 119 cm³/mol. The molecule has 1 N–H and O–H groups in total. The van der Waals surface area contributed by atoms with Gasteiger partial charge in [0.15, 0.2) is 5.65 Å². The number of rotatable bonds is 4. The maximum Gasteiger partial charge on any atom is 0.256 e. The van der Waals surface area contributed by atoms with E-state index in [9.17, 15) is 4.79 Å². The Kier molecular flexibility index (Phi) is 5.18. The number of pyridine rings is 1. The molecule has 0 fully saturated rings. The molecule has 0 unspecified atom stereocenters. The van der Waals surface area contributed by atoms with Crippen LogP contribution in [0.25, 0.3) is 22.3 Å². The van der Waals surface area contributed by atoms with Gasteiger partial charge < -0.3 is 10.1 Å². The second kappa shape index (κ2) is 7.80. The van der Waals surface area contributed by atoms with Gasteiger partial charge in [-0.2, -0.15) is 5.10 Å². The molecule has 0 saturated heterocycles. The SMILES string of the molecule is COc1cccc(-c2cc(C(=O)Nc3cc(Cl)ccc3C)c3c(C)nn(C)c3n2)c1. The molecular weight excluding hydrogens is 400 g/mol. The number of anilines is 1. The van der Waals surface area contributed by atoms with E-state index in [0.717, 1.165) is 28.0 Å². The third-order valence-corrected chi connectivity index (χ3v) is 5.26. The van der Waals surface area contributed by atoms with E-state index >= 15 is 0 Å². The zero-order valence-electron chi connectivity index (χ0n) is 17.2. The molecule has 2 aromatic heterocycles. The highest BCUT2D eigenvalue weighted by Crippen LogP contribution is 2.30. The number of aromatic nitrogens is 3. The summed E-state index contributed by atoms with van der Waals surface area (Å²) in [4.78, 5) is 18.1. The number of hydrogen-bond donors (Lipinski definition) is 1. The Morgan fingerprint density at radius 1 is 1.13 bits per heavy atom. The molecule has 0 radical (unpaired) electrons. The van der Waals surface area contributed by atoms with Crippen LogP contribution < -0.4 is 10.1 Å². The number of nitrogens with zero attached hydrogens (tertiary/aromatic N) is 3. The van der Waals surface area contributed by atoms with E-state index in [0.29, 0.717) is 27.6 Å². The molecule has 0 spiro atoms. The summed E-state index contributed by atoms with van der Waals surface area (Å²) < 4.78 is 7.03. The lowest BCUT2D eigenvalue weighted by Crippen LogP contribution is -2.14. The van der Waals surface area contributed by atoms with E-state index < -0.39 is 0 Å². The number of carbonyl (C=O) groups is 1. The van der Waals surface area contributed by atoms with Gasteiger partial charge in [0.1, 0.15) is 5.75 Å². The van der Waals surface area contributed by atoms with Gasteiger partial charge in [-0.25, -0.2) is 4.98 Å². The van der Waals surface area contributed by atoms with E-state index in [1.807, 2.05) is 51.2 Å². The number of nitrogens with one attached hydrogen (secondary N) is 1. The van der Waals surface area contributed by atoms with Crippen LogP contribution in [-0.4, -0.2) is 27.8 Å². The van der Waals surface area contributed by atoms with Gasteiger partial charge in [-0.05, 0) is 49.7 Å². The maximum absolute atomic E-state index is 13.3. The van der Waals surface area contributed by atoms with Gasteiger partial charge >= 0.3 is 0 Å². The van der Waals surface area contributed by atoms with Gasteiger partial charge in [0.05, 0.1) is 29.4 Å². The molecular formula is C23H21ClN4O2. The fourth-order valence-electron chi connectivity index (χ4n) is 3.47. The Morgan fingerprint density at radius 3 is 2.70 bits per heavy atom. The number of aryl methyl sites for hydroxylation is 3. The fourth-order valence-corrected chi connectivity index (χ4v) is 3.64. The zero-order chi connectivity index (χ0) is 21.4. The minimum atomic E-state index is -0.243. The first-order chi connectivity index (χ1) is 14.4. The Hall–Kier alpha value is -3.38. The molecule has 0 atom stereocenters. The Morgan fingerprint density at radius 2 is 1.93 bits per heavy atom. The third kappa shape index (κ3) is 3.62. The summed E-state index contributed by atoms with van der Waals surface area (Å²) in [6, 6.07) is 14.8. The minimum absolute atomic E-state index is 0.243. The Bertz CT molecular complexity index is 1280. The molecule has 0 bridgehead atoms. The minimum Gasteiger partial charge on any atom is -0.497 e. The van der Waals surface area contributed by atoms with Crippen molar-refractivity contribution in [3.8, 4) is 17.0 Å². The number of benzene rings is 2. The first-order valence-electron chi connectivity index (χ1n) is 9.43. The molecule has 7 heteroatoms. The number of amides is 1. The average Bonchev–Trinajstić information content (AvgIpc) is 3.03. The highest BCUT2D eigenvalue weighted by Gasteiger charge is 2.20. The van der Waals surface area contributed by atoms with Crippen LogP contribution in [0.5, 0.6) is 5.75 Å².